The van der Waals surface area contributed by atoms with E-state index in [1.807, 2.05) is 42.3 Å². The Bertz CT molecular complexity index is 1590. The largest absolute Gasteiger partial charge is 0.481 e. The summed E-state index contributed by atoms with van der Waals surface area (Å²) in [5.41, 5.74) is 0.111. The molecule has 0 saturated carbocycles. The van der Waals surface area contributed by atoms with Crippen LogP contribution in [0.1, 0.15) is 43.7 Å². The zero-order valence-electron chi connectivity index (χ0n) is 26.7. The number of esters is 2. The Balaban J connectivity index is 0.000000521. The molecular formula is C32H37N3O13. The maximum absolute atomic E-state index is 13.3. The molecule has 48 heavy (non-hydrogen) atoms. The van der Waals surface area contributed by atoms with Crippen molar-refractivity contribution in [3.05, 3.63) is 98.4 Å². The highest BCUT2D eigenvalue weighted by Crippen LogP contribution is 2.40. The summed E-state index contributed by atoms with van der Waals surface area (Å²) in [4.78, 5) is 69.3. The summed E-state index contributed by atoms with van der Waals surface area (Å²) in [6, 6.07) is 15.8. The minimum Gasteiger partial charge on any atom is -0.481 e. The number of carboxylic acids is 3. The molecule has 2 aromatic carbocycles. The lowest BCUT2D eigenvalue weighted by Crippen LogP contribution is -2.42. The number of aliphatic hydroxyl groups is 1. The van der Waals surface area contributed by atoms with Gasteiger partial charge in [-0.05, 0) is 32.0 Å². The molecule has 3 rings (SSSR count). The van der Waals surface area contributed by atoms with Gasteiger partial charge in [0.05, 0.1) is 41.9 Å². The molecule has 1 heterocycles. The first-order valence-corrected chi connectivity index (χ1v) is 14.3. The number of benzene rings is 2. The van der Waals surface area contributed by atoms with Crippen LogP contribution in [-0.4, -0.2) is 93.0 Å². The van der Waals surface area contributed by atoms with Crippen LogP contribution in [-0.2, 0) is 40.0 Å². The van der Waals surface area contributed by atoms with Crippen LogP contribution in [0.2, 0.25) is 0 Å². The van der Waals surface area contributed by atoms with Gasteiger partial charge >= 0.3 is 29.8 Å². The third-order valence-corrected chi connectivity index (χ3v) is 7.09. The number of methoxy groups -OCH3 is 1. The van der Waals surface area contributed by atoms with Gasteiger partial charge in [0.2, 0.25) is 0 Å². The number of hydrogen-bond acceptors (Lipinski definition) is 12. The number of ether oxygens (including phenoxy) is 2. The Morgan fingerprint density at radius 2 is 1.48 bits per heavy atom. The average molecular weight is 672 g/mol. The van der Waals surface area contributed by atoms with E-state index in [-0.39, 0.29) is 23.4 Å². The first kappa shape index (κ1) is 38.6. The molecule has 0 aliphatic carbocycles. The molecule has 0 radical (unpaired) electrons. The summed E-state index contributed by atoms with van der Waals surface area (Å²) in [7, 11) is 3.18. The molecule has 0 bridgehead atoms. The van der Waals surface area contributed by atoms with Gasteiger partial charge in [-0.2, -0.15) is 0 Å². The number of carbonyl (C=O) groups is 5. The fraction of sp³-hybridized carbons (Fsp3) is 0.344. The number of nitrogens with one attached hydrogen (secondary N) is 1. The number of nitrogens with zero attached hydrogens (tertiary/aromatic N) is 2. The molecule has 0 saturated heterocycles. The van der Waals surface area contributed by atoms with Gasteiger partial charge in [-0.3, -0.25) is 24.6 Å². The highest BCUT2D eigenvalue weighted by molar-refractivity contribution is 6.00. The Hall–Kier alpha value is -5.61. The van der Waals surface area contributed by atoms with Gasteiger partial charge < -0.3 is 35.2 Å². The van der Waals surface area contributed by atoms with E-state index in [0.717, 1.165) is 5.56 Å². The molecule has 1 aliphatic heterocycles. The molecule has 0 fully saturated rings. The van der Waals surface area contributed by atoms with Crippen LogP contribution in [0.15, 0.2) is 77.1 Å². The molecule has 0 aromatic heterocycles. The van der Waals surface area contributed by atoms with Crippen LogP contribution < -0.4 is 5.32 Å². The highest BCUT2D eigenvalue weighted by Gasteiger charge is 2.41. The lowest BCUT2D eigenvalue weighted by Gasteiger charge is -2.30. The SMILES string of the molecule is COC(=O)C1=C(C)NC(C)=C(C(=O)OCCN(C)Cc2ccccc2)C1c1cccc([N+](=O)[O-])c1.O=C(O)CC(O)(CC(=O)O)C(=O)O. The van der Waals surface area contributed by atoms with Crippen LogP contribution in [0.4, 0.5) is 5.69 Å². The maximum Gasteiger partial charge on any atom is 0.336 e. The van der Waals surface area contributed by atoms with Crippen molar-refractivity contribution in [1.29, 1.82) is 0 Å². The van der Waals surface area contributed by atoms with Crippen molar-refractivity contribution in [2.45, 2.75) is 44.8 Å². The van der Waals surface area contributed by atoms with Crippen molar-refractivity contribution in [2.75, 3.05) is 27.3 Å². The van der Waals surface area contributed by atoms with Gasteiger partial charge in [0, 0.05) is 36.6 Å². The van der Waals surface area contributed by atoms with Crippen LogP contribution >= 0.6 is 0 Å². The molecule has 5 N–H and O–H groups in total. The van der Waals surface area contributed by atoms with Crippen molar-refractivity contribution >= 4 is 35.5 Å². The van der Waals surface area contributed by atoms with Crippen LogP contribution in [0.3, 0.4) is 0 Å². The third kappa shape index (κ3) is 10.7. The Labute approximate surface area is 275 Å². The standard InChI is InChI=1S/C26H29N3O6.C6H8O7/c1-17-22(25(30)34-4)24(20-11-8-12-21(15-20)29(32)33)23(18(2)27-17)26(31)35-14-13-28(3)16-19-9-6-5-7-10-19;7-3(8)1-6(13,5(11)12)2-4(9)10/h5-12,15,24,27H,13-14,16H2,1-4H3;13H,1-2H2,(H,7,8)(H,9,10)(H,11,12). The lowest BCUT2D eigenvalue weighted by atomic mass is 9.80. The predicted octanol–water partition coefficient (Wildman–Crippen LogP) is 2.43. The van der Waals surface area contributed by atoms with E-state index in [2.05, 4.69) is 5.32 Å². The predicted molar refractivity (Wildman–Crippen MR) is 167 cm³/mol. The summed E-state index contributed by atoms with van der Waals surface area (Å²) in [5, 5.41) is 48.2. The average Bonchev–Trinajstić information content (AvgIpc) is 3.00. The number of likely N-dealkylation sites (N-methyl/N-ethyl adjacent to an activating group) is 1. The van der Waals surface area contributed by atoms with Crippen molar-refractivity contribution in [1.82, 2.24) is 10.2 Å². The van der Waals surface area contributed by atoms with E-state index in [4.69, 9.17) is 29.9 Å². The van der Waals surface area contributed by atoms with Gasteiger partial charge in [-0.1, -0.05) is 42.5 Å². The maximum atomic E-state index is 13.3. The third-order valence-electron chi connectivity index (χ3n) is 7.09. The van der Waals surface area contributed by atoms with Gasteiger partial charge in [-0.15, -0.1) is 0 Å². The van der Waals surface area contributed by atoms with E-state index in [9.17, 15) is 34.1 Å². The first-order chi connectivity index (χ1) is 22.5. The number of aliphatic carboxylic acids is 3. The number of nitro benzene ring substituents is 1. The smallest absolute Gasteiger partial charge is 0.336 e. The van der Waals surface area contributed by atoms with Gasteiger partial charge in [0.15, 0.2) is 5.60 Å². The Morgan fingerprint density at radius 3 is 1.98 bits per heavy atom. The van der Waals surface area contributed by atoms with E-state index in [1.54, 1.807) is 19.9 Å². The number of carboxylic acid groups (broad SMARTS) is 3. The minimum absolute atomic E-state index is 0.136. The van der Waals surface area contributed by atoms with E-state index < -0.39 is 59.1 Å². The Kier molecular flexibility index (Phi) is 13.9. The molecule has 1 aliphatic rings. The van der Waals surface area contributed by atoms with Crippen molar-refractivity contribution in [3.8, 4) is 0 Å². The number of carbonyl (C=O) groups excluding carboxylic acids is 2. The fourth-order valence-corrected chi connectivity index (χ4v) is 4.86. The summed E-state index contributed by atoms with van der Waals surface area (Å²) in [5.74, 6) is -7.13. The number of nitro groups is 1. The van der Waals surface area contributed by atoms with Crippen molar-refractivity contribution in [3.63, 3.8) is 0 Å². The molecule has 2 aromatic rings. The Morgan fingerprint density at radius 1 is 0.917 bits per heavy atom. The van der Waals surface area contributed by atoms with Gasteiger partial charge in [0.25, 0.3) is 5.69 Å². The second-order valence-electron chi connectivity index (χ2n) is 10.8. The molecule has 0 amide bonds. The van der Waals surface area contributed by atoms with Crippen LogP contribution in [0.5, 0.6) is 0 Å². The second kappa shape index (κ2) is 17.3. The quantitative estimate of drug-likeness (QED) is 0.110. The number of rotatable bonds is 14. The molecule has 258 valence electrons. The normalized spacial score (nSPS) is 14.3. The van der Waals surface area contributed by atoms with Crippen LogP contribution in [0, 0.1) is 10.1 Å². The summed E-state index contributed by atoms with van der Waals surface area (Å²) in [6.45, 7) is 4.74. The van der Waals surface area contributed by atoms with E-state index >= 15 is 0 Å². The second-order valence-corrected chi connectivity index (χ2v) is 10.8. The van der Waals surface area contributed by atoms with E-state index in [0.29, 0.717) is 30.0 Å². The van der Waals surface area contributed by atoms with Gasteiger partial charge in [-0.25, -0.2) is 14.4 Å². The zero-order valence-corrected chi connectivity index (χ0v) is 26.7. The highest BCUT2D eigenvalue weighted by atomic mass is 16.6. The zero-order chi connectivity index (χ0) is 36.2. The summed E-state index contributed by atoms with van der Waals surface area (Å²) >= 11 is 0. The summed E-state index contributed by atoms with van der Waals surface area (Å²) in [6.07, 6.45) is -2.29. The molecular weight excluding hydrogens is 634 g/mol. The number of allylic oxidation sites excluding steroid dienone is 2. The molecule has 16 heteroatoms. The van der Waals surface area contributed by atoms with Crippen LogP contribution in [0.25, 0.3) is 0 Å². The van der Waals surface area contributed by atoms with Crippen molar-refractivity contribution in [2.24, 2.45) is 0 Å². The number of non-ortho nitro benzene ring substituents is 1. The fourth-order valence-electron chi connectivity index (χ4n) is 4.86. The van der Waals surface area contributed by atoms with E-state index in [1.165, 1.54) is 25.3 Å². The minimum atomic E-state index is -2.74. The monoisotopic (exact) mass is 671 g/mol. The van der Waals surface area contributed by atoms with Gasteiger partial charge in [0.1, 0.15) is 6.61 Å². The summed E-state index contributed by atoms with van der Waals surface area (Å²) < 4.78 is 10.6. The van der Waals surface area contributed by atoms with Crippen molar-refractivity contribution < 1.29 is 58.8 Å². The molecule has 1 atom stereocenters. The molecule has 0 spiro atoms. The topological polar surface area (TPSA) is 243 Å². The molecule has 16 nitrogen and oxygen atoms in total. The first-order valence-electron chi connectivity index (χ1n) is 14.3. The number of hydrogen-bond donors (Lipinski definition) is 5. The lowest BCUT2D eigenvalue weighted by molar-refractivity contribution is -0.384. The number of dihydropyridines is 1. The molecule has 1 unspecified atom stereocenters.